The van der Waals surface area contributed by atoms with Gasteiger partial charge in [0.25, 0.3) is 5.91 Å². The Hall–Kier alpha value is -2.82. The molecule has 0 aliphatic heterocycles. The van der Waals surface area contributed by atoms with E-state index >= 15 is 0 Å². The molecule has 0 aliphatic carbocycles. The second kappa shape index (κ2) is 9.61. The van der Waals surface area contributed by atoms with Crippen LogP contribution in [0.15, 0.2) is 54.6 Å². The molecule has 0 spiro atoms. The summed E-state index contributed by atoms with van der Waals surface area (Å²) in [4.78, 5) is 25.0. The summed E-state index contributed by atoms with van der Waals surface area (Å²) in [7, 11) is 0. The molecule has 0 radical (unpaired) electrons. The molecule has 2 amide bonds. The van der Waals surface area contributed by atoms with Gasteiger partial charge in [-0.15, -0.1) is 0 Å². The van der Waals surface area contributed by atoms with Crippen molar-refractivity contribution >= 4 is 11.8 Å². The Labute approximate surface area is 154 Å². The molecular formula is C21H26N2O3. The highest BCUT2D eigenvalue weighted by molar-refractivity contribution is 5.97. The molecule has 5 heteroatoms. The lowest BCUT2D eigenvalue weighted by molar-refractivity contribution is -0.124. The molecule has 0 unspecified atom stereocenters. The van der Waals surface area contributed by atoms with E-state index in [1.807, 2.05) is 51.1 Å². The van der Waals surface area contributed by atoms with Crippen molar-refractivity contribution in [2.24, 2.45) is 5.92 Å². The van der Waals surface area contributed by atoms with Crippen LogP contribution in [0.3, 0.4) is 0 Å². The van der Waals surface area contributed by atoms with Gasteiger partial charge in [-0.3, -0.25) is 9.59 Å². The summed E-state index contributed by atoms with van der Waals surface area (Å²) < 4.78 is 5.38. The predicted molar refractivity (Wildman–Crippen MR) is 102 cm³/mol. The van der Waals surface area contributed by atoms with Crippen molar-refractivity contribution in [2.45, 2.75) is 33.4 Å². The van der Waals surface area contributed by atoms with E-state index in [0.717, 1.165) is 5.56 Å². The van der Waals surface area contributed by atoms with E-state index in [1.54, 1.807) is 24.3 Å². The summed E-state index contributed by atoms with van der Waals surface area (Å²) in [6.07, 6.45) is 0. The van der Waals surface area contributed by atoms with Crippen LogP contribution >= 0.6 is 0 Å². The molecule has 5 nitrogen and oxygen atoms in total. The van der Waals surface area contributed by atoms with Gasteiger partial charge in [-0.25, -0.2) is 0 Å². The Morgan fingerprint density at radius 2 is 1.65 bits per heavy atom. The number of nitrogens with one attached hydrogen (secondary N) is 2. The number of ether oxygens (including phenoxy) is 1. The second-order valence-corrected chi connectivity index (χ2v) is 6.36. The van der Waals surface area contributed by atoms with Crippen LogP contribution in [0, 0.1) is 5.92 Å². The summed E-state index contributed by atoms with van der Waals surface area (Å²) in [5, 5.41) is 5.72. The maximum atomic E-state index is 12.5. The standard InChI is InChI=1S/C21H26N2O3/c1-4-26-18-12-10-17(11-13-18)20(24)23-19(15(2)3)21(25)22-14-16-8-6-5-7-9-16/h5-13,15,19H,4,14H2,1-3H3,(H,22,25)(H,23,24)/t19-/m1/s1. The molecule has 0 bridgehead atoms. The predicted octanol–water partition coefficient (Wildman–Crippen LogP) is 3.16. The molecular weight excluding hydrogens is 328 g/mol. The van der Waals surface area contributed by atoms with Crippen LogP contribution in [-0.4, -0.2) is 24.5 Å². The fraction of sp³-hybridized carbons (Fsp3) is 0.333. The fourth-order valence-electron chi connectivity index (χ4n) is 2.52. The molecule has 0 heterocycles. The zero-order chi connectivity index (χ0) is 18.9. The average Bonchev–Trinajstić information content (AvgIpc) is 2.65. The molecule has 2 N–H and O–H groups in total. The third-order valence-corrected chi connectivity index (χ3v) is 3.97. The van der Waals surface area contributed by atoms with E-state index in [0.29, 0.717) is 24.5 Å². The average molecular weight is 354 g/mol. The largest absolute Gasteiger partial charge is 0.494 e. The van der Waals surface area contributed by atoms with Gasteiger partial charge in [0.2, 0.25) is 5.91 Å². The molecule has 2 aromatic rings. The van der Waals surface area contributed by atoms with Crippen LogP contribution < -0.4 is 15.4 Å². The normalized spacial score (nSPS) is 11.7. The number of rotatable bonds is 8. The summed E-state index contributed by atoms with van der Waals surface area (Å²) in [5.41, 5.74) is 1.51. The number of hydrogen-bond donors (Lipinski definition) is 2. The van der Waals surface area contributed by atoms with Gasteiger partial charge >= 0.3 is 0 Å². The number of amides is 2. The van der Waals surface area contributed by atoms with E-state index in [2.05, 4.69) is 10.6 Å². The summed E-state index contributed by atoms with van der Waals surface area (Å²) >= 11 is 0. The van der Waals surface area contributed by atoms with Crippen molar-refractivity contribution in [3.8, 4) is 5.75 Å². The Balaban J connectivity index is 1.97. The van der Waals surface area contributed by atoms with E-state index in [1.165, 1.54) is 0 Å². The van der Waals surface area contributed by atoms with Gasteiger partial charge in [0.05, 0.1) is 6.61 Å². The monoisotopic (exact) mass is 354 g/mol. The van der Waals surface area contributed by atoms with E-state index in [-0.39, 0.29) is 17.7 Å². The van der Waals surface area contributed by atoms with E-state index in [9.17, 15) is 9.59 Å². The van der Waals surface area contributed by atoms with Crippen LogP contribution in [0.5, 0.6) is 5.75 Å². The quantitative estimate of drug-likeness (QED) is 0.765. The maximum Gasteiger partial charge on any atom is 0.251 e. The van der Waals surface area contributed by atoms with Crippen LogP contribution in [0.1, 0.15) is 36.7 Å². The first-order valence-corrected chi connectivity index (χ1v) is 8.86. The summed E-state index contributed by atoms with van der Waals surface area (Å²) in [5.74, 6) is 0.215. The molecule has 138 valence electrons. The molecule has 0 fully saturated rings. The van der Waals surface area contributed by atoms with Crippen molar-refractivity contribution in [1.82, 2.24) is 10.6 Å². The van der Waals surface area contributed by atoms with Crippen molar-refractivity contribution in [3.63, 3.8) is 0 Å². The van der Waals surface area contributed by atoms with Gasteiger partial charge in [0, 0.05) is 12.1 Å². The minimum Gasteiger partial charge on any atom is -0.494 e. The van der Waals surface area contributed by atoms with Gasteiger partial charge in [0.15, 0.2) is 0 Å². The number of carbonyl (C=O) groups is 2. The lowest BCUT2D eigenvalue weighted by atomic mass is 10.0. The zero-order valence-electron chi connectivity index (χ0n) is 15.5. The highest BCUT2D eigenvalue weighted by atomic mass is 16.5. The summed E-state index contributed by atoms with van der Waals surface area (Å²) in [6.45, 7) is 6.72. The maximum absolute atomic E-state index is 12.5. The molecule has 2 aromatic carbocycles. The SMILES string of the molecule is CCOc1ccc(C(=O)N[C@@H](C(=O)NCc2ccccc2)C(C)C)cc1. The molecule has 1 atom stereocenters. The Bertz CT molecular complexity index is 712. The number of benzene rings is 2. The third-order valence-electron chi connectivity index (χ3n) is 3.97. The Morgan fingerprint density at radius 1 is 1.00 bits per heavy atom. The summed E-state index contributed by atoms with van der Waals surface area (Å²) in [6, 6.07) is 16.0. The minimum absolute atomic E-state index is 0.0302. The molecule has 26 heavy (non-hydrogen) atoms. The van der Waals surface area contributed by atoms with Crippen molar-refractivity contribution in [2.75, 3.05) is 6.61 Å². The van der Waals surface area contributed by atoms with Crippen molar-refractivity contribution in [1.29, 1.82) is 0 Å². The first-order valence-electron chi connectivity index (χ1n) is 8.86. The lowest BCUT2D eigenvalue weighted by Gasteiger charge is -2.22. The molecule has 0 saturated carbocycles. The third kappa shape index (κ3) is 5.62. The van der Waals surface area contributed by atoms with Gasteiger partial charge in [-0.2, -0.15) is 0 Å². The van der Waals surface area contributed by atoms with Gasteiger partial charge < -0.3 is 15.4 Å². The highest BCUT2D eigenvalue weighted by Crippen LogP contribution is 2.13. The van der Waals surface area contributed by atoms with Crippen LogP contribution in [-0.2, 0) is 11.3 Å². The molecule has 2 rings (SSSR count). The second-order valence-electron chi connectivity index (χ2n) is 6.36. The smallest absolute Gasteiger partial charge is 0.251 e. The Kier molecular flexibility index (Phi) is 7.21. The van der Waals surface area contributed by atoms with Gasteiger partial charge in [-0.1, -0.05) is 44.2 Å². The van der Waals surface area contributed by atoms with Crippen LogP contribution in [0.4, 0.5) is 0 Å². The van der Waals surface area contributed by atoms with Crippen molar-refractivity contribution < 1.29 is 14.3 Å². The van der Waals surface area contributed by atoms with E-state index < -0.39 is 6.04 Å². The molecule has 0 saturated heterocycles. The fourth-order valence-corrected chi connectivity index (χ4v) is 2.52. The highest BCUT2D eigenvalue weighted by Gasteiger charge is 2.24. The van der Waals surface area contributed by atoms with Crippen LogP contribution in [0.25, 0.3) is 0 Å². The Morgan fingerprint density at radius 3 is 2.23 bits per heavy atom. The molecule has 0 aromatic heterocycles. The van der Waals surface area contributed by atoms with Gasteiger partial charge in [0.1, 0.15) is 11.8 Å². The first-order chi connectivity index (χ1) is 12.5. The number of hydrogen-bond acceptors (Lipinski definition) is 3. The van der Waals surface area contributed by atoms with E-state index in [4.69, 9.17) is 4.74 Å². The van der Waals surface area contributed by atoms with Crippen molar-refractivity contribution in [3.05, 3.63) is 65.7 Å². The topological polar surface area (TPSA) is 67.4 Å². The number of carbonyl (C=O) groups excluding carboxylic acids is 2. The lowest BCUT2D eigenvalue weighted by Crippen LogP contribution is -2.49. The zero-order valence-corrected chi connectivity index (χ0v) is 15.5. The first kappa shape index (κ1) is 19.5. The van der Waals surface area contributed by atoms with Gasteiger partial charge in [-0.05, 0) is 42.7 Å². The molecule has 0 aliphatic rings. The van der Waals surface area contributed by atoms with Crippen LogP contribution in [0.2, 0.25) is 0 Å². The minimum atomic E-state index is -0.599.